The zero-order valence-electron chi connectivity index (χ0n) is 25.6. The first-order valence-electron chi connectivity index (χ1n) is 14.5. The fourth-order valence-electron chi connectivity index (χ4n) is 5.37. The van der Waals surface area contributed by atoms with E-state index in [4.69, 9.17) is 9.72 Å². The molecule has 0 radical (unpaired) electrons. The van der Waals surface area contributed by atoms with Gasteiger partial charge in [0.1, 0.15) is 12.4 Å². The summed E-state index contributed by atoms with van der Waals surface area (Å²) in [7, 11) is 3.64. The average Bonchev–Trinajstić information content (AvgIpc) is 3.48. The molecule has 6 rings (SSSR count). The summed E-state index contributed by atoms with van der Waals surface area (Å²) in [6, 6.07) is 20.6. The molecule has 1 aliphatic heterocycles. The van der Waals surface area contributed by atoms with Crippen molar-refractivity contribution in [3.05, 3.63) is 83.4 Å². The van der Waals surface area contributed by atoms with Gasteiger partial charge in [-0.2, -0.15) is 0 Å². The number of rotatable bonds is 7. The monoisotopic (exact) mass is 691 g/mol. The fraction of sp³-hybridized carbons (Fsp3) is 0.294. The quantitative estimate of drug-likeness (QED) is 0.149. The molecule has 5 aromatic rings. The Hall–Kier alpha value is -3.99. The van der Waals surface area contributed by atoms with Gasteiger partial charge in [0.15, 0.2) is 13.1 Å². The zero-order chi connectivity index (χ0) is 30.7. The van der Waals surface area contributed by atoms with Crippen molar-refractivity contribution in [2.45, 2.75) is 20.8 Å². The van der Waals surface area contributed by atoms with E-state index in [1.807, 2.05) is 64.5 Å². The van der Waals surface area contributed by atoms with Crippen molar-refractivity contribution < 1.29 is 35.6 Å². The van der Waals surface area contributed by atoms with E-state index in [1.54, 1.807) is 16.5 Å². The Bertz CT molecular complexity index is 1890. The number of halogens is 1. The molecule has 1 amide bonds. The van der Waals surface area contributed by atoms with Crippen LogP contribution in [0.1, 0.15) is 20.8 Å². The van der Waals surface area contributed by atoms with Crippen molar-refractivity contribution >= 4 is 33.4 Å². The number of amides is 1. The molecule has 2 aromatic carbocycles. The second kappa shape index (κ2) is 13.1. The van der Waals surface area contributed by atoms with E-state index in [1.165, 1.54) is 0 Å². The van der Waals surface area contributed by atoms with Crippen LogP contribution in [0.5, 0.6) is 5.75 Å². The number of alkyl halides is 1. The summed E-state index contributed by atoms with van der Waals surface area (Å²) in [5.74, 6) is 0.890. The van der Waals surface area contributed by atoms with Crippen LogP contribution in [0.15, 0.2) is 77.9 Å². The molecule has 0 aliphatic carbocycles. The second-order valence-corrected chi connectivity index (χ2v) is 12.3. The van der Waals surface area contributed by atoms with Crippen molar-refractivity contribution in [1.82, 2.24) is 17.2 Å². The van der Waals surface area contributed by atoms with E-state index >= 15 is 0 Å². The van der Waals surface area contributed by atoms with E-state index in [0.717, 1.165) is 68.7 Å². The molecule has 0 spiro atoms. The number of likely N-dealkylation sites (N-methyl/N-ethyl adjacent to an activating group) is 1. The molecule has 0 atom stereocenters. The Morgan fingerprint density at radius 2 is 1.72 bits per heavy atom. The maximum absolute atomic E-state index is 12.8. The molecule has 0 saturated heterocycles. The maximum atomic E-state index is 12.8. The van der Waals surface area contributed by atoms with Gasteiger partial charge in [-0.1, -0.05) is 13.8 Å². The number of carbonyl (C=O) groups is 1. The number of aryl methyl sites for hydroxylation is 1. The SMILES string of the molecule is CC.C[I-]n1ccc2c(-c3ccc4cc(-c5ccc(OCC[N+]6=C(C)C(=O)N(C)CC6)cc5)ccc4n3)cn(C)c(=O)c21. The van der Waals surface area contributed by atoms with Crippen LogP contribution in [0.2, 0.25) is 0 Å². The molecule has 8 nitrogen and oxygen atoms in total. The van der Waals surface area contributed by atoms with Crippen LogP contribution in [0.25, 0.3) is 44.2 Å². The molecular weight excluding hydrogens is 653 g/mol. The van der Waals surface area contributed by atoms with E-state index in [0.29, 0.717) is 13.2 Å². The third-order valence-corrected chi connectivity index (χ3v) is 9.62. The van der Waals surface area contributed by atoms with Crippen LogP contribution in [0.3, 0.4) is 0 Å². The van der Waals surface area contributed by atoms with Gasteiger partial charge in [0, 0.05) is 14.0 Å². The van der Waals surface area contributed by atoms with Crippen LogP contribution in [0, 0.1) is 0 Å². The van der Waals surface area contributed by atoms with Gasteiger partial charge >= 0.3 is 167 Å². The molecule has 0 unspecified atom stereocenters. The van der Waals surface area contributed by atoms with Gasteiger partial charge in [-0.15, -0.1) is 0 Å². The third-order valence-electron chi connectivity index (χ3n) is 7.78. The summed E-state index contributed by atoms with van der Waals surface area (Å²) in [5.41, 5.74) is 6.49. The normalized spacial score (nSPS) is 13.5. The van der Waals surface area contributed by atoms with Crippen molar-refractivity contribution in [3.8, 4) is 28.1 Å². The number of aromatic nitrogens is 3. The molecule has 0 N–H and O–H groups in total. The van der Waals surface area contributed by atoms with Gasteiger partial charge in [-0.25, -0.2) is 4.58 Å². The van der Waals surface area contributed by atoms with Gasteiger partial charge in [0.05, 0.1) is 6.54 Å². The number of hydrogen-bond acceptors (Lipinski definition) is 4. The Kier molecular flexibility index (Phi) is 9.29. The molecule has 3 aromatic heterocycles. The first kappa shape index (κ1) is 30.5. The first-order chi connectivity index (χ1) is 20.8. The molecule has 9 heteroatoms. The number of fused-ring (bicyclic) bond motifs is 2. The Labute approximate surface area is 262 Å². The second-order valence-electron chi connectivity index (χ2n) is 10.3. The van der Waals surface area contributed by atoms with Crippen LogP contribution < -0.4 is 31.8 Å². The van der Waals surface area contributed by atoms with E-state index in [9.17, 15) is 9.59 Å². The summed E-state index contributed by atoms with van der Waals surface area (Å²) in [6.07, 6.45) is 3.90. The number of ether oxygens (including phenoxy) is 1. The molecule has 0 fully saturated rings. The summed E-state index contributed by atoms with van der Waals surface area (Å²) in [5, 5.41) is 2.00. The Morgan fingerprint density at radius 3 is 2.47 bits per heavy atom. The van der Waals surface area contributed by atoms with Crippen LogP contribution in [-0.2, 0) is 11.8 Å². The summed E-state index contributed by atoms with van der Waals surface area (Å²) in [4.78, 5) is 33.9. The van der Waals surface area contributed by atoms with Gasteiger partial charge < -0.3 is 9.64 Å². The first-order valence-corrected chi connectivity index (χ1v) is 17.7. The third kappa shape index (κ3) is 6.08. The standard InChI is InChI=1S/C32H32IN5O3.C2H6/c1-21-31(39)35(3)15-16-37(21)17-18-41-25-9-5-22(6-10-25)23-7-11-28-24(19-23)8-12-29(34-28)27-20-36(4)32(40)30-26(27)13-14-38(30)33-2;1-2/h5-14,19-20H,15-18H2,1-4H3;1-2H3. The van der Waals surface area contributed by atoms with Gasteiger partial charge in [0.2, 0.25) is 5.71 Å². The topological polar surface area (TPSA) is 72.4 Å². The van der Waals surface area contributed by atoms with Crippen LogP contribution in [0.4, 0.5) is 0 Å². The van der Waals surface area contributed by atoms with Gasteiger partial charge in [0.25, 0.3) is 0 Å². The average molecular weight is 692 g/mol. The minimum atomic E-state index is -0.277. The zero-order valence-corrected chi connectivity index (χ0v) is 27.8. The molecule has 4 heterocycles. The van der Waals surface area contributed by atoms with E-state index in [-0.39, 0.29) is 32.9 Å². The Balaban J connectivity index is 0.00000180. The summed E-state index contributed by atoms with van der Waals surface area (Å²) in [6.45, 7) is 8.64. The number of nitrogens with zero attached hydrogens (tertiary/aromatic N) is 5. The van der Waals surface area contributed by atoms with Crippen LogP contribution >= 0.6 is 0 Å². The fourth-order valence-corrected chi connectivity index (χ4v) is 6.80. The number of carbonyl (C=O) groups excluding carboxylic acids is 1. The number of hydrogen-bond donors (Lipinski definition) is 0. The molecular formula is C34H38IN5O3. The number of pyridine rings is 2. The molecule has 1 aliphatic rings. The molecule has 43 heavy (non-hydrogen) atoms. The molecule has 0 saturated carbocycles. The number of benzene rings is 2. The van der Waals surface area contributed by atoms with E-state index < -0.39 is 0 Å². The summed E-state index contributed by atoms with van der Waals surface area (Å²) < 4.78 is 11.8. The van der Waals surface area contributed by atoms with Crippen LogP contribution in [-0.4, -0.2) is 71.6 Å². The predicted octanol–water partition coefficient (Wildman–Crippen LogP) is 2.05. The van der Waals surface area contributed by atoms with Crippen molar-refractivity contribution in [2.75, 3.05) is 38.2 Å². The minimum absolute atomic E-state index is 0.0253. The van der Waals surface area contributed by atoms with Crippen molar-refractivity contribution in [3.63, 3.8) is 0 Å². The van der Waals surface area contributed by atoms with Gasteiger partial charge in [-0.05, 0) is 12.1 Å². The summed E-state index contributed by atoms with van der Waals surface area (Å²) >= 11 is -0.277. The van der Waals surface area contributed by atoms with Gasteiger partial charge in [-0.3, -0.25) is 4.79 Å². The van der Waals surface area contributed by atoms with E-state index in [2.05, 4.69) is 48.7 Å². The predicted molar refractivity (Wildman–Crippen MR) is 170 cm³/mol. The molecule has 0 bridgehead atoms. The van der Waals surface area contributed by atoms with Crippen molar-refractivity contribution in [2.24, 2.45) is 7.05 Å². The molecule has 224 valence electrons. The van der Waals surface area contributed by atoms with Crippen molar-refractivity contribution in [1.29, 1.82) is 0 Å². The Morgan fingerprint density at radius 1 is 0.977 bits per heavy atom.